The molecule has 0 fully saturated rings. The van der Waals surface area contributed by atoms with Crippen LogP contribution >= 0.6 is 0 Å². The maximum Gasteiger partial charge on any atom is 0.119 e. The first-order valence-electron chi connectivity index (χ1n) is 6.05. The summed E-state index contributed by atoms with van der Waals surface area (Å²) in [6.45, 7) is 3.24. The lowest BCUT2D eigenvalue weighted by atomic mass is 10.0. The molecule has 0 aliphatic carbocycles. The van der Waals surface area contributed by atoms with E-state index in [1.165, 1.54) is 0 Å². The van der Waals surface area contributed by atoms with Crippen LogP contribution in [0.3, 0.4) is 0 Å². The van der Waals surface area contributed by atoms with Crippen LogP contribution in [0.4, 0.5) is 0 Å². The van der Waals surface area contributed by atoms with E-state index >= 15 is 0 Å². The molecule has 0 bridgehead atoms. The Kier molecular flexibility index (Phi) is 5.97. The van der Waals surface area contributed by atoms with E-state index in [0.29, 0.717) is 19.6 Å². The number of benzene rings is 1. The number of hydrogen-bond acceptors (Lipinski definition) is 4. The summed E-state index contributed by atoms with van der Waals surface area (Å²) >= 11 is 0. The van der Waals surface area contributed by atoms with Crippen molar-refractivity contribution in [2.45, 2.75) is 31.9 Å². The van der Waals surface area contributed by atoms with Crippen LogP contribution in [-0.4, -0.2) is 24.3 Å². The Labute approximate surface area is 103 Å². The highest BCUT2D eigenvalue weighted by Crippen LogP contribution is 2.20. The Morgan fingerprint density at radius 3 is 2.47 bits per heavy atom. The summed E-state index contributed by atoms with van der Waals surface area (Å²) in [6, 6.07) is 7.06. The number of ether oxygens (including phenoxy) is 1. The smallest absolute Gasteiger partial charge is 0.119 e. The van der Waals surface area contributed by atoms with Crippen molar-refractivity contribution < 1.29 is 9.84 Å². The van der Waals surface area contributed by atoms with E-state index in [1.807, 2.05) is 24.3 Å². The van der Waals surface area contributed by atoms with Gasteiger partial charge in [-0.25, -0.2) is 0 Å². The van der Waals surface area contributed by atoms with Gasteiger partial charge >= 0.3 is 0 Å². The molecule has 96 valence electrons. The van der Waals surface area contributed by atoms with Gasteiger partial charge < -0.3 is 21.3 Å². The van der Waals surface area contributed by atoms with E-state index in [2.05, 4.69) is 6.92 Å². The van der Waals surface area contributed by atoms with E-state index in [1.54, 1.807) is 0 Å². The molecule has 0 amide bonds. The summed E-state index contributed by atoms with van der Waals surface area (Å²) < 4.78 is 5.46. The first kappa shape index (κ1) is 14.0. The zero-order chi connectivity index (χ0) is 12.7. The Morgan fingerprint density at radius 2 is 1.94 bits per heavy atom. The van der Waals surface area contributed by atoms with Crippen LogP contribution in [0, 0.1) is 0 Å². The summed E-state index contributed by atoms with van der Waals surface area (Å²) in [5.41, 5.74) is 12.0. The number of aliphatic hydroxyl groups is 1. The Balaban J connectivity index is 2.60. The summed E-state index contributed by atoms with van der Waals surface area (Å²) in [4.78, 5) is 0. The monoisotopic (exact) mass is 238 g/mol. The van der Waals surface area contributed by atoms with Gasteiger partial charge in [0.25, 0.3) is 0 Å². The Morgan fingerprint density at radius 1 is 1.29 bits per heavy atom. The third-order valence-corrected chi connectivity index (χ3v) is 2.60. The first-order valence-corrected chi connectivity index (χ1v) is 6.05. The molecule has 2 atom stereocenters. The Bertz CT molecular complexity index is 314. The van der Waals surface area contributed by atoms with Crippen molar-refractivity contribution in [3.05, 3.63) is 29.8 Å². The van der Waals surface area contributed by atoms with Gasteiger partial charge in [0, 0.05) is 6.04 Å². The average Bonchev–Trinajstić information content (AvgIpc) is 2.36. The fourth-order valence-corrected chi connectivity index (χ4v) is 1.58. The van der Waals surface area contributed by atoms with Crippen molar-refractivity contribution >= 4 is 0 Å². The summed E-state index contributed by atoms with van der Waals surface area (Å²) in [5.74, 6) is 0.815. The third-order valence-electron chi connectivity index (χ3n) is 2.60. The topological polar surface area (TPSA) is 81.5 Å². The quantitative estimate of drug-likeness (QED) is 0.666. The third kappa shape index (κ3) is 4.34. The lowest BCUT2D eigenvalue weighted by Crippen LogP contribution is -2.30. The summed E-state index contributed by atoms with van der Waals surface area (Å²) in [7, 11) is 0. The fourth-order valence-electron chi connectivity index (χ4n) is 1.58. The SMILES string of the molecule is CCCOc1ccc(C(O)C(N)CCN)cc1. The van der Waals surface area contributed by atoms with Gasteiger partial charge in [-0.3, -0.25) is 0 Å². The molecule has 0 saturated heterocycles. The zero-order valence-corrected chi connectivity index (χ0v) is 10.3. The van der Waals surface area contributed by atoms with E-state index in [9.17, 15) is 5.11 Å². The van der Waals surface area contributed by atoms with E-state index in [4.69, 9.17) is 16.2 Å². The van der Waals surface area contributed by atoms with Gasteiger partial charge in [-0.1, -0.05) is 19.1 Å². The van der Waals surface area contributed by atoms with Gasteiger partial charge in [0.15, 0.2) is 0 Å². The van der Waals surface area contributed by atoms with Crippen molar-refractivity contribution in [3.63, 3.8) is 0 Å². The number of aliphatic hydroxyl groups excluding tert-OH is 1. The number of rotatable bonds is 7. The second-order valence-electron chi connectivity index (χ2n) is 4.10. The molecule has 0 heterocycles. The van der Waals surface area contributed by atoms with Gasteiger partial charge in [-0.2, -0.15) is 0 Å². The molecule has 0 aliphatic heterocycles. The highest BCUT2D eigenvalue weighted by atomic mass is 16.5. The lowest BCUT2D eigenvalue weighted by molar-refractivity contribution is 0.143. The first-order chi connectivity index (χ1) is 8.19. The minimum atomic E-state index is -0.668. The molecule has 5 N–H and O–H groups in total. The molecule has 4 nitrogen and oxygen atoms in total. The Hall–Kier alpha value is -1.10. The molecule has 1 rings (SSSR count). The van der Waals surface area contributed by atoms with Crippen molar-refractivity contribution in [2.24, 2.45) is 11.5 Å². The molecule has 17 heavy (non-hydrogen) atoms. The minimum absolute atomic E-state index is 0.317. The maximum atomic E-state index is 9.97. The van der Waals surface area contributed by atoms with Gasteiger partial charge in [0.05, 0.1) is 12.7 Å². The largest absolute Gasteiger partial charge is 0.494 e. The summed E-state index contributed by atoms with van der Waals surface area (Å²) in [6.07, 6.45) is 0.917. The second kappa shape index (κ2) is 7.27. The predicted molar refractivity (Wildman–Crippen MR) is 68.8 cm³/mol. The molecule has 0 radical (unpaired) electrons. The molecular weight excluding hydrogens is 216 g/mol. The maximum absolute atomic E-state index is 9.97. The second-order valence-corrected chi connectivity index (χ2v) is 4.10. The highest BCUT2D eigenvalue weighted by molar-refractivity contribution is 5.29. The van der Waals surface area contributed by atoms with Crippen LogP contribution in [0.25, 0.3) is 0 Å². The van der Waals surface area contributed by atoms with Crippen LogP contribution in [0.5, 0.6) is 5.75 Å². The van der Waals surface area contributed by atoms with Crippen molar-refractivity contribution in [1.29, 1.82) is 0 Å². The molecular formula is C13H22N2O2. The van der Waals surface area contributed by atoms with E-state index < -0.39 is 6.10 Å². The predicted octanol–water partition coefficient (Wildman–Crippen LogP) is 1.18. The van der Waals surface area contributed by atoms with Gasteiger partial charge in [0.1, 0.15) is 5.75 Å². The average molecular weight is 238 g/mol. The summed E-state index contributed by atoms with van der Waals surface area (Å²) in [5, 5.41) is 9.97. The molecule has 0 spiro atoms. The number of hydrogen-bond donors (Lipinski definition) is 3. The molecule has 2 unspecified atom stereocenters. The number of nitrogens with two attached hydrogens (primary N) is 2. The normalized spacial score (nSPS) is 14.4. The van der Waals surface area contributed by atoms with Crippen LogP contribution in [0.1, 0.15) is 31.4 Å². The van der Waals surface area contributed by atoms with Gasteiger partial charge in [-0.05, 0) is 37.1 Å². The van der Waals surface area contributed by atoms with Crippen molar-refractivity contribution in [2.75, 3.05) is 13.2 Å². The minimum Gasteiger partial charge on any atom is -0.494 e. The van der Waals surface area contributed by atoms with Gasteiger partial charge in [0.2, 0.25) is 0 Å². The lowest BCUT2D eigenvalue weighted by Gasteiger charge is -2.18. The van der Waals surface area contributed by atoms with Crippen LogP contribution < -0.4 is 16.2 Å². The zero-order valence-electron chi connectivity index (χ0n) is 10.3. The molecule has 0 aliphatic rings. The highest BCUT2D eigenvalue weighted by Gasteiger charge is 2.15. The van der Waals surface area contributed by atoms with Crippen LogP contribution in [-0.2, 0) is 0 Å². The molecule has 4 heteroatoms. The van der Waals surface area contributed by atoms with Crippen LogP contribution in [0.2, 0.25) is 0 Å². The van der Waals surface area contributed by atoms with E-state index in [0.717, 1.165) is 17.7 Å². The molecule has 1 aromatic carbocycles. The van der Waals surface area contributed by atoms with Crippen molar-refractivity contribution in [1.82, 2.24) is 0 Å². The molecule has 0 saturated carbocycles. The fraction of sp³-hybridized carbons (Fsp3) is 0.538. The standard InChI is InChI=1S/C13H22N2O2/c1-2-9-17-11-5-3-10(4-6-11)13(16)12(15)7-8-14/h3-6,12-13,16H,2,7-9,14-15H2,1H3. The molecule has 1 aromatic rings. The van der Waals surface area contributed by atoms with E-state index in [-0.39, 0.29) is 6.04 Å². The van der Waals surface area contributed by atoms with Crippen molar-refractivity contribution in [3.8, 4) is 5.75 Å². The van der Waals surface area contributed by atoms with Crippen LogP contribution in [0.15, 0.2) is 24.3 Å². The molecule has 0 aromatic heterocycles. The van der Waals surface area contributed by atoms with Gasteiger partial charge in [-0.15, -0.1) is 0 Å².